The smallest absolute Gasteiger partial charge is 0.229 e. The van der Waals surface area contributed by atoms with Crippen LogP contribution in [0.3, 0.4) is 0 Å². The molecule has 2 aromatic heterocycles. The molecule has 1 aliphatic heterocycles. The van der Waals surface area contributed by atoms with Gasteiger partial charge in [-0.3, -0.25) is 0 Å². The molecule has 0 unspecified atom stereocenters. The van der Waals surface area contributed by atoms with Gasteiger partial charge in [0.1, 0.15) is 5.75 Å². The number of fused-ring (bicyclic) bond motifs is 1. The van der Waals surface area contributed by atoms with Gasteiger partial charge in [-0.2, -0.15) is 9.97 Å². The van der Waals surface area contributed by atoms with E-state index in [4.69, 9.17) is 14.7 Å². The van der Waals surface area contributed by atoms with Gasteiger partial charge in [-0.15, -0.1) is 0 Å². The van der Waals surface area contributed by atoms with E-state index in [1.54, 1.807) is 7.11 Å². The van der Waals surface area contributed by atoms with Crippen LogP contribution in [-0.4, -0.2) is 50.9 Å². The molecule has 8 heteroatoms. The third-order valence-electron chi connectivity index (χ3n) is 5.45. The van der Waals surface area contributed by atoms with Crippen molar-refractivity contribution in [3.8, 4) is 5.75 Å². The third kappa shape index (κ3) is 3.72. The molecule has 8 nitrogen and oxygen atoms in total. The van der Waals surface area contributed by atoms with Crippen molar-refractivity contribution in [1.82, 2.24) is 19.5 Å². The van der Waals surface area contributed by atoms with Gasteiger partial charge in [0.15, 0.2) is 17.0 Å². The van der Waals surface area contributed by atoms with Crippen LogP contribution in [0.25, 0.3) is 11.2 Å². The standard InChI is InChI=1S/C21H28N6O2/c1-14(2)27-13-23-18-19(22-11-15-7-4-5-9-17(15)29-3)24-21(25-20(18)27)26-10-6-8-16(26)12-28/h4-5,7,9,13-14,16,28H,6,8,10-12H2,1-3H3,(H,22,24,25)/t16-/m1/s1. The zero-order valence-corrected chi connectivity index (χ0v) is 17.2. The summed E-state index contributed by atoms with van der Waals surface area (Å²) in [4.78, 5) is 16.3. The molecule has 4 rings (SSSR count). The normalized spacial score (nSPS) is 16.7. The molecule has 0 aliphatic carbocycles. The molecule has 0 bridgehead atoms. The Morgan fingerprint density at radius 1 is 1.28 bits per heavy atom. The summed E-state index contributed by atoms with van der Waals surface area (Å²) in [6, 6.07) is 8.21. The van der Waals surface area contributed by atoms with Crippen molar-refractivity contribution < 1.29 is 9.84 Å². The molecule has 1 saturated heterocycles. The maximum atomic E-state index is 9.75. The fourth-order valence-electron chi connectivity index (χ4n) is 3.85. The number of anilines is 2. The first-order valence-electron chi connectivity index (χ1n) is 10.1. The van der Waals surface area contributed by atoms with Crippen LogP contribution in [0.15, 0.2) is 30.6 Å². The molecule has 1 aromatic carbocycles. The Morgan fingerprint density at radius 3 is 2.86 bits per heavy atom. The number of rotatable bonds is 7. The average molecular weight is 396 g/mol. The van der Waals surface area contributed by atoms with Crippen LogP contribution in [0.5, 0.6) is 5.75 Å². The van der Waals surface area contributed by atoms with Gasteiger partial charge in [0.05, 0.1) is 26.1 Å². The maximum absolute atomic E-state index is 9.75. The zero-order chi connectivity index (χ0) is 20.4. The lowest BCUT2D eigenvalue weighted by Gasteiger charge is -2.24. The van der Waals surface area contributed by atoms with Crippen molar-refractivity contribution in [3.63, 3.8) is 0 Å². The van der Waals surface area contributed by atoms with E-state index >= 15 is 0 Å². The van der Waals surface area contributed by atoms with Gasteiger partial charge in [0.2, 0.25) is 5.95 Å². The monoisotopic (exact) mass is 396 g/mol. The second-order valence-corrected chi connectivity index (χ2v) is 7.63. The Hall–Kier alpha value is -2.87. The molecule has 0 radical (unpaired) electrons. The van der Waals surface area contributed by atoms with Crippen molar-refractivity contribution in [2.24, 2.45) is 0 Å². The van der Waals surface area contributed by atoms with Gasteiger partial charge >= 0.3 is 0 Å². The maximum Gasteiger partial charge on any atom is 0.229 e. The number of nitrogens with zero attached hydrogens (tertiary/aromatic N) is 5. The fourth-order valence-corrected chi connectivity index (χ4v) is 3.85. The highest BCUT2D eigenvalue weighted by Crippen LogP contribution is 2.29. The minimum Gasteiger partial charge on any atom is -0.496 e. The van der Waals surface area contributed by atoms with E-state index < -0.39 is 0 Å². The number of imidazole rings is 1. The second-order valence-electron chi connectivity index (χ2n) is 7.63. The van der Waals surface area contributed by atoms with E-state index in [9.17, 15) is 5.11 Å². The van der Waals surface area contributed by atoms with Gasteiger partial charge in [-0.25, -0.2) is 4.98 Å². The van der Waals surface area contributed by atoms with Crippen molar-refractivity contribution >= 4 is 22.9 Å². The number of para-hydroxylation sites is 1. The Bertz CT molecular complexity index is 986. The molecular formula is C21H28N6O2. The Labute approximate surface area is 170 Å². The molecule has 3 aromatic rings. The van der Waals surface area contributed by atoms with E-state index in [0.29, 0.717) is 18.3 Å². The van der Waals surface area contributed by atoms with Crippen LogP contribution in [0.2, 0.25) is 0 Å². The van der Waals surface area contributed by atoms with Crippen molar-refractivity contribution in [1.29, 1.82) is 0 Å². The minimum absolute atomic E-state index is 0.0601. The fraction of sp³-hybridized carbons (Fsp3) is 0.476. The number of methoxy groups -OCH3 is 1. The first kappa shape index (κ1) is 19.4. The van der Waals surface area contributed by atoms with Crippen LogP contribution in [0.4, 0.5) is 11.8 Å². The second kappa shape index (κ2) is 8.24. The molecule has 29 heavy (non-hydrogen) atoms. The van der Waals surface area contributed by atoms with Gasteiger partial charge in [-0.05, 0) is 32.8 Å². The molecule has 1 fully saturated rings. The highest BCUT2D eigenvalue weighted by atomic mass is 16.5. The van der Waals surface area contributed by atoms with Crippen LogP contribution in [0, 0.1) is 0 Å². The number of hydrogen-bond donors (Lipinski definition) is 2. The van der Waals surface area contributed by atoms with Crippen LogP contribution < -0.4 is 15.0 Å². The number of benzene rings is 1. The summed E-state index contributed by atoms with van der Waals surface area (Å²) < 4.78 is 7.52. The van der Waals surface area contributed by atoms with Gasteiger partial charge in [0.25, 0.3) is 0 Å². The number of ether oxygens (including phenoxy) is 1. The van der Waals surface area contributed by atoms with E-state index in [-0.39, 0.29) is 18.7 Å². The molecule has 1 atom stereocenters. The third-order valence-corrected chi connectivity index (χ3v) is 5.45. The number of hydrogen-bond acceptors (Lipinski definition) is 7. The Balaban J connectivity index is 1.73. The van der Waals surface area contributed by atoms with Gasteiger partial charge in [-0.1, -0.05) is 18.2 Å². The van der Waals surface area contributed by atoms with Crippen LogP contribution in [0.1, 0.15) is 38.3 Å². The van der Waals surface area contributed by atoms with Crippen molar-refractivity contribution in [2.75, 3.05) is 30.5 Å². The number of aliphatic hydroxyl groups excluding tert-OH is 1. The summed E-state index contributed by atoms with van der Waals surface area (Å²) in [6.07, 6.45) is 3.79. The first-order valence-corrected chi connectivity index (χ1v) is 10.1. The van der Waals surface area contributed by atoms with Gasteiger partial charge in [0, 0.05) is 24.7 Å². The van der Waals surface area contributed by atoms with E-state index in [1.165, 1.54) is 0 Å². The topological polar surface area (TPSA) is 88.3 Å². The first-order chi connectivity index (χ1) is 14.1. The molecule has 154 valence electrons. The lowest BCUT2D eigenvalue weighted by Crippen LogP contribution is -2.33. The predicted octanol–water partition coefficient (Wildman–Crippen LogP) is 2.99. The largest absolute Gasteiger partial charge is 0.496 e. The van der Waals surface area contributed by atoms with E-state index in [2.05, 4.69) is 33.6 Å². The number of nitrogens with one attached hydrogen (secondary N) is 1. The molecular weight excluding hydrogens is 368 g/mol. The highest BCUT2D eigenvalue weighted by Gasteiger charge is 2.27. The summed E-state index contributed by atoms with van der Waals surface area (Å²) in [5.41, 5.74) is 2.59. The summed E-state index contributed by atoms with van der Waals surface area (Å²) >= 11 is 0. The number of aliphatic hydroxyl groups is 1. The molecule has 3 heterocycles. The van der Waals surface area contributed by atoms with Gasteiger partial charge < -0.3 is 24.6 Å². The lowest BCUT2D eigenvalue weighted by molar-refractivity contribution is 0.265. The van der Waals surface area contributed by atoms with E-state index in [1.807, 2.05) is 30.6 Å². The summed E-state index contributed by atoms with van der Waals surface area (Å²) in [5.74, 6) is 2.16. The summed E-state index contributed by atoms with van der Waals surface area (Å²) in [7, 11) is 1.67. The van der Waals surface area contributed by atoms with Crippen molar-refractivity contribution in [3.05, 3.63) is 36.2 Å². The SMILES string of the molecule is COc1ccccc1CNc1nc(N2CCC[C@@H]2CO)nc2c1ncn2C(C)C. The average Bonchev–Trinajstić information content (AvgIpc) is 3.38. The van der Waals surface area contributed by atoms with Crippen molar-refractivity contribution in [2.45, 2.75) is 45.3 Å². The summed E-state index contributed by atoms with van der Waals surface area (Å²) in [5, 5.41) is 13.2. The molecule has 0 saturated carbocycles. The number of aromatic nitrogens is 4. The minimum atomic E-state index is 0.0601. The molecule has 2 N–H and O–H groups in total. The van der Waals surface area contributed by atoms with Crippen LogP contribution >= 0.6 is 0 Å². The quantitative estimate of drug-likeness (QED) is 0.635. The molecule has 0 spiro atoms. The molecule has 0 amide bonds. The van der Waals surface area contributed by atoms with Crippen LogP contribution in [-0.2, 0) is 6.54 Å². The zero-order valence-electron chi connectivity index (χ0n) is 17.2. The molecule has 1 aliphatic rings. The predicted molar refractivity (Wildman–Crippen MR) is 113 cm³/mol. The Morgan fingerprint density at radius 2 is 2.10 bits per heavy atom. The van der Waals surface area contributed by atoms with E-state index in [0.717, 1.165) is 41.9 Å². The lowest BCUT2D eigenvalue weighted by atomic mass is 10.2. The Kier molecular flexibility index (Phi) is 5.53. The highest BCUT2D eigenvalue weighted by molar-refractivity contribution is 5.84. The summed E-state index contributed by atoms with van der Waals surface area (Å²) in [6.45, 7) is 5.73.